The van der Waals surface area contributed by atoms with Crippen molar-refractivity contribution in [2.45, 2.75) is 0 Å². The van der Waals surface area contributed by atoms with Gasteiger partial charge in [-0.15, -0.1) is 0 Å². The standard InChI is InChI=1S/C20H14O/c1-2-7-17(8-3-1)21-18-12-13-20-16(14-18)11-10-15-6-4-5-9-19(15)20/h1-14H. The predicted molar refractivity (Wildman–Crippen MR) is 88.0 cm³/mol. The van der Waals surface area contributed by atoms with Gasteiger partial charge >= 0.3 is 0 Å². The maximum absolute atomic E-state index is 5.90. The van der Waals surface area contributed by atoms with Crippen LogP contribution in [0.4, 0.5) is 0 Å². The van der Waals surface area contributed by atoms with Crippen LogP contribution in [0.25, 0.3) is 21.5 Å². The van der Waals surface area contributed by atoms with Crippen molar-refractivity contribution in [1.82, 2.24) is 0 Å². The first-order chi connectivity index (χ1) is 10.4. The average Bonchev–Trinajstić information content (AvgIpc) is 2.55. The number of fused-ring (bicyclic) bond motifs is 3. The monoisotopic (exact) mass is 270 g/mol. The highest BCUT2D eigenvalue weighted by atomic mass is 16.5. The van der Waals surface area contributed by atoms with Gasteiger partial charge in [-0.1, -0.05) is 60.7 Å². The lowest BCUT2D eigenvalue weighted by molar-refractivity contribution is 0.483. The van der Waals surface area contributed by atoms with Crippen molar-refractivity contribution in [2.75, 3.05) is 0 Å². The molecular formula is C20H14O. The van der Waals surface area contributed by atoms with Gasteiger partial charge in [-0.25, -0.2) is 0 Å². The second kappa shape index (κ2) is 4.95. The first-order valence-corrected chi connectivity index (χ1v) is 7.04. The van der Waals surface area contributed by atoms with Gasteiger partial charge in [0.1, 0.15) is 11.5 Å². The van der Waals surface area contributed by atoms with Gasteiger partial charge in [0.15, 0.2) is 0 Å². The van der Waals surface area contributed by atoms with Crippen LogP contribution in [0, 0.1) is 0 Å². The summed E-state index contributed by atoms with van der Waals surface area (Å²) in [6.07, 6.45) is 0. The van der Waals surface area contributed by atoms with E-state index in [-0.39, 0.29) is 0 Å². The Bertz CT molecular complexity index is 910. The third kappa shape index (κ3) is 2.23. The Balaban J connectivity index is 1.82. The molecule has 1 heteroatoms. The van der Waals surface area contributed by atoms with Crippen LogP contribution >= 0.6 is 0 Å². The number of hydrogen-bond acceptors (Lipinski definition) is 1. The van der Waals surface area contributed by atoms with E-state index in [2.05, 4.69) is 48.5 Å². The molecule has 0 saturated heterocycles. The summed E-state index contributed by atoms with van der Waals surface area (Å²) in [4.78, 5) is 0. The van der Waals surface area contributed by atoms with Crippen LogP contribution in [-0.4, -0.2) is 0 Å². The minimum absolute atomic E-state index is 0.859. The largest absolute Gasteiger partial charge is 0.457 e. The summed E-state index contributed by atoms with van der Waals surface area (Å²) in [6.45, 7) is 0. The molecule has 0 bridgehead atoms. The Kier molecular flexibility index (Phi) is 2.82. The van der Waals surface area contributed by atoms with Gasteiger partial charge in [0, 0.05) is 0 Å². The molecule has 4 rings (SSSR count). The molecule has 4 aromatic carbocycles. The molecule has 4 aromatic rings. The highest BCUT2D eigenvalue weighted by Crippen LogP contribution is 2.30. The van der Waals surface area contributed by atoms with Crippen LogP contribution < -0.4 is 4.74 Å². The van der Waals surface area contributed by atoms with Crippen LogP contribution in [0.1, 0.15) is 0 Å². The van der Waals surface area contributed by atoms with Crippen LogP contribution in [0.2, 0.25) is 0 Å². The smallest absolute Gasteiger partial charge is 0.128 e. The molecule has 21 heavy (non-hydrogen) atoms. The second-order valence-electron chi connectivity index (χ2n) is 5.08. The molecule has 0 heterocycles. The molecule has 100 valence electrons. The number of hydrogen-bond donors (Lipinski definition) is 0. The molecule has 0 saturated carbocycles. The van der Waals surface area contributed by atoms with Gasteiger partial charge < -0.3 is 4.74 Å². The summed E-state index contributed by atoms with van der Waals surface area (Å²) in [5.41, 5.74) is 0. The van der Waals surface area contributed by atoms with E-state index in [4.69, 9.17) is 4.74 Å². The Morgan fingerprint density at radius 3 is 2.10 bits per heavy atom. The fourth-order valence-electron chi connectivity index (χ4n) is 2.68. The molecule has 0 fully saturated rings. The second-order valence-corrected chi connectivity index (χ2v) is 5.08. The number of benzene rings is 4. The normalized spacial score (nSPS) is 10.9. The Morgan fingerprint density at radius 2 is 1.19 bits per heavy atom. The Morgan fingerprint density at radius 1 is 0.476 bits per heavy atom. The number of para-hydroxylation sites is 1. The van der Waals surface area contributed by atoms with Gasteiger partial charge in [0.2, 0.25) is 0 Å². The van der Waals surface area contributed by atoms with Crippen LogP contribution in [0.5, 0.6) is 11.5 Å². The topological polar surface area (TPSA) is 9.23 Å². The summed E-state index contributed by atoms with van der Waals surface area (Å²) >= 11 is 0. The third-order valence-corrected chi connectivity index (χ3v) is 3.70. The van der Waals surface area contributed by atoms with Crippen molar-refractivity contribution in [3.05, 3.63) is 84.9 Å². The van der Waals surface area contributed by atoms with Crippen LogP contribution in [0.3, 0.4) is 0 Å². The number of ether oxygens (including phenoxy) is 1. The van der Waals surface area contributed by atoms with Crippen molar-refractivity contribution in [3.8, 4) is 11.5 Å². The van der Waals surface area contributed by atoms with E-state index in [1.807, 2.05) is 36.4 Å². The van der Waals surface area contributed by atoms with Gasteiger partial charge in [0.25, 0.3) is 0 Å². The molecule has 0 aliphatic carbocycles. The van der Waals surface area contributed by atoms with Crippen molar-refractivity contribution in [3.63, 3.8) is 0 Å². The minimum atomic E-state index is 0.859. The van der Waals surface area contributed by atoms with E-state index in [1.54, 1.807) is 0 Å². The molecule has 0 unspecified atom stereocenters. The summed E-state index contributed by atoms with van der Waals surface area (Å²) in [5.74, 6) is 1.72. The zero-order chi connectivity index (χ0) is 14.1. The SMILES string of the molecule is c1ccc(Oc2ccc3c(ccc4ccccc43)c2)cc1. The highest BCUT2D eigenvalue weighted by Gasteiger charge is 2.02. The molecule has 1 nitrogen and oxygen atoms in total. The average molecular weight is 270 g/mol. The zero-order valence-corrected chi connectivity index (χ0v) is 11.5. The highest BCUT2D eigenvalue weighted by molar-refractivity contribution is 6.07. The minimum Gasteiger partial charge on any atom is -0.457 e. The lowest BCUT2D eigenvalue weighted by Gasteiger charge is -2.08. The summed E-state index contributed by atoms with van der Waals surface area (Å²) in [6, 6.07) is 28.9. The number of rotatable bonds is 2. The summed E-state index contributed by atoms with van der Waals surface area (Å²) in [7, 11) is 0. The first kappa shape index (κ1) is 12.0. The summed E-state index contributed by atoms with van der Waals surface area (Å²) < 4.78 is 5.90. The third-order valence-electron chi connectivity index (χ3n) is 3.70. The van der Waals surface area contributed by atoms with Crippen molar-refractivity contribution < 1.29 is 4.74 Å². The quantitative estimate of drug-likeness (QED) is 0.419. The van der Waals surface area contributed by atoms with Gasteiger partial charge in [-0.05, 0) is 45.8 Å². The molecule has 0 radical (unpaired) electrons. The van der Waals surface area contributed by atoms with Gasteiger partial charge in [-0.3, -0.25) is 0 Å². The lowest BCUT2D eigenvalue weighted by atomic mass is 10.0. The van der Waals surface area contributed by atoms with Crippen molar-refractivity contribution >= 4 is 21.5 Å². The molecule has 0 spiro atoms. The Labute approximate surface area is 123 Å². The van der Waals surface area contributed by atoms with Gasteiger partial charge in [0.05, 0.1) is 0 Å². The molecule has 0 aliphatic rings. The van der Waals surface area contributed by atoms with Gasteiger partial charge in [-0.2, -0.15) is 0 Å². The molecule has 0 atom stereocenters. The zero-order valence-electron chi connectivity index (χ0n) is 11.5. The van der Waals surface area contributed by atoms with Crippen molar-refractivity contribution in [1.29, 1.82) is 0 Å². The molecule has 0 N–H and O–H groups in total. The first-order valence-electron chi connectivity index (χ1n) is 7.04. The summed E-state index contributed by atoms with van der Waals surface area (Å²) in [5, 5.41) is 5.00. The molecule has 0 amide bonds. The van der Waals surface area contributed by atoms with E-state index in [0.29, 0.717) is 0 Å². The van der Waals surface area contributed by atoms with E-state index in [1.165, 1.54) is 21.5 Å². The Hall–Kier alpha value is -2.80. The van der Waals surface area contributed by atoms with E-state index < -0.39 is 0 Å². The molecule has 0 aliphatic heterocycles. The fourth-order valence-corrected chi connectivity index (χ4v) is 2.68. The van der Waals surface area contributed by atoms with Crippen LogP contribution in [0.15, 0.2) is 84.9 Å². The maximum Gasteiger partial charge on any atom is 0.128 e. The molecule has 0 aromatic heterocycles. The lowest BCUT2D eigenvalue weighted by Crippen LogP contribution is -1.84. The van der Waals surface area contributed by atoms with E-state index in [0.717, 1.165) is 11.5 Å². The maximum atomic E-state index is 5.90. The van der Waals surface area contributed by atoms with Crippen molar-refractivity contribution in [2.24, 2.45) is 0 Å². The van der Waals surface area contributed by atoms with Crippen LogP contribution in [-0.2, 0) is 0 Å². The fraction of sp³-hybridized carbons (Fsp3) is 0. The predicted octanol–water partition coefficient (Wildman–Crippen LogP) is 5.79. The molecular weight excluding hydrogens is 256 g/mol. The van der Waals surface area contributed by atoms with E-state index >= 15 is 0 Å². The van der Waals surface area contributed by atoms with E-state index in [9.17, 15) is 0 Å².